The number of nitrogens with two attached hydrogens (primary N) is 4. The van der Waals surface area contributed by atoms with Gasteiger partial charge in [0.1, 0.15) is 71.7 Å². The molecule has 0 saturated carbocycles. The largest absolute Gasteiger partial charge is 0.481 e. The molecule has 42 heteroatoms. The Morgan fingerprint density at radius 2 is 1.20 bits per heavy atom. The lowest BCUT2D eigenvalue weighted by Crippen LogP contribution is -2.60. The van der Waals surface area contributed by atoms with Crippen molar-refractivity contribution < 1.29 is 105 Å². The van der Waals surface area contributed by atoms with Crippen LogP contribution in [0.1, 0.15) is 244 Å². The van der Waals surface area contributed by atoms with Crippen molar-refractivity contribution in [3.8, 4) is 0 Å². The topological polar surface area (TPSA) is 665 Å². The average molecular weight is 1910 g/mol. The van der Waals surface area contributed by atoms with E-state index >= 15 is 0 Å². The quantitative estimate of drug-likeness (QED) is 0.0214. The van der Waals surface area contributed by atoms with Gasteiger partial charge in [-0.1, -0.05) is 158 Å². The number of aromatic nitrogens is 1. The predicted molar refractivity (Wildman–Crippen MR) is 505 cm³/mol. The van der Waals surface area contributed by atoms with Crippen molar-refractivity contribution in [2.45, 2.75) is 312 Å². The number of nitrogens with one attached hydrogen (secondary N) is 12. The van der Waals surface area contributed by atoms with Crippen molar-refractivity contribution in [2.24, 2.45) is 38.8 Å². The number of carbonyl (C=O) groups is 17. The number of rotatable bonds is 52. The van der Waals surface area contributed by atoms with Gasteiger partial charge >= 0.3 is 5.97 Å². The number of H-pyrrole nitrogens is 1. The normalized spacial score (nSPS) is 19.3. The predicted octanol–water partition coefficient (Wildman–Crippen LogP) is 1.18. The number of hydrogen-bond acceptors (Lipinski definition) is 24. The van der Waals surface area contributed by atoms with Gasteiger partial charge in [0.2, 0.25) is 76.8 Å². The number of aliphatic imine (C=N–C) groups is 2. The summed E-state index contributed by atoms with van der Waals surface area (Å²) in [6.45, 7) is 2.98. The van der Waals surface area contributed by atoms with Gasteiger partial charge in [0.05, 0.1) is 31.1 Å². The molecule has 2 aromatic carbocycles. The Balaban J connectivity index is 0.000000482. The summed E-state index contributed by atoms with van der Waals surface area (Å²) in [4.78, 5) is 236. The highest BCUT2D eigenvalue weighted by Gasteiger charge is 2.43. The molecule has 2 fully saturated rings. The summed E-state index contributed by atoms with van der Waals surface area (Å²) in [7, 11) is -2.38. The number of guanidine groups is 1. The first-order valence-corrected chi connectivity index (χ1v) is 48.9. The number of ketones is 3. The zero-order chi connectivity index (χ0) is 99.4. The van der Waals surface area contributed by atoms with E-state index in [0.29, 0.717) is 62.6 Å². The zero-order valence-electron chi connectivity index (χ0n) is 78.2. The Kier molecular flexibility index (Phi) is 52.1. The Morgan fingerprint density at radius 3 is 1.82 bits per heavy atom. The number of benzene rings is 2. The maximum atomic E-state index is 14.4. The fraction of sp³-hybridized carbons (Fsp3) is 0.624. The van der Waals surface area contributed by atoms with E-state index in [1.165, 1.54) is 18.9 Å². The van der Waals surface area contributed by atoms with Crippen LogP contribution in [0.3, 0.4) is 0 Å². The molecule has 0 spiro atoms. The molecule has 3 aliphatic heterocycles. The average Bonchev–Trinajstić information content (AvgIpc) is 1.63. The number of carboxylic acid groups (broad SMARTS) is 1. The second-order valence-electron chi connectivity index (χ2n) is 34.7. The smallest absolute Gasteiger partial charge is 0.303 e. The third kappa shape index (κ3) is 44.0. The number of aromatic amines is 1. The van der Waals surface area contributed by atoms with Crippen LogP contribution in [0.4, 0.5) is 0 Å². The molecule has 1 aromatic heterocycles. The van der Waals surface area contributed by atoms with Crippen molar-refractivity contribution >= 4 is 133 Å². The maximum absolute atomic E-state index is 14.4. The van der Waals surface area contributed by atoms with Gasteiger partial charge in [0, 0.05) is 132 Å². The highest BCUT2D eigenvalue weighted by Crippen LogP contribution is 2.26. The van der Waals surface area contributed by atoms with Gasteiger partial charge in [-0.3, -0.25) is 91.5 Å². The number of likely N-dealkylation sites (N-methyl/N-ethyl adjacent to an activating group) is 1. The summed E-state index contributed by atoms with van der Waals surface area (Å²) >= 11 is 0. The second-order valence-corrected chi connectivity index (χ2v) is 36.9. The highest BCUT2D eigenvalue weighted by atomic mass is 32.2. The van der Waals surface area contributed by atoms with E-state index in [-0.39, 0.29) is 133 Å². The van der Waals surface area contributed by atoms with E-state index in [1.807, 2.05) is 31.2 Å². The number of hydrogen-bond donors (Lipinski definition) is 19. The van der Waals surface area contributed by atoms with E-state index in [0.717, 1.165) is 93.5 Å². The number of primary amides is 1. The molecule has 41 nitrogen and oxygen atoms in total. The summed E-state index contributed by atoms with van der Waals surface area (Å²) in [6.07, 6.45) is 19.7. The maximum Gasteiger partial charge on any atom is 0.303 e. The van der Waals surface area contributed by atoms with Gasteiger partial charge in [0.25, 0.3) is 0 Å². The molecule has 0 radical (unpaired) electrons. The van der Waals surface area contributed by atoms with Crippen LogP contribution in [0.15, 0.2) is 82.6 Å². The molecule has 23 N–H and O–H groups in total. The van der Waals surface area contributed by atoms with Crippen LogP contribution in [0.5, 0.6) is 0 Å². The summed E-state index contributed by atoms with van der Waals surface area (Å²) in [5.41, 5.74) is 24.9. The number of sulfone groups is 1. The van der Waals surface area contributed by atoms with Gasteiger partial charge in [-0.15, -0.1) is 0 Å². The first-order chi connectivity index (χ1) is 64.4. The number of para-hydroxylation sites is 1. The number of allylic oxidation sites excluding steroid dienone is 1. The summed E-state index contributed by atoms with van der Waals surface area (Å²) in [6, 6.07) is 3.91. The van der Waals surface area contributed by atoms with Crippen LogP contribution in [0.25, 0.3) is 10.9 Å². The Hall–Kier alpha value is -11.9. The molecule has 13 amide bonds. The first kappa shape index (κ1) is 114. The van der Waals surface area contributed by atoms with E-state index in [1.54, 1.807) is 55.7 Å². The molecule has 12 atom stereocenters. The molecule has 0 aliphatic carbocycles. The number of carbonyl (C=O) groups excluding carboxylic acids is 16. The number of aliphatic hydroxyl groups is 2. The van der Waals surface area contributed by atoms with Crippen LogP contribution in [-0.4, -0.2) is 264 Å². The molecule has 0 unspecified atom stereocenters. The van der Waals surface area contributed by atoms with Crippen LogP contribution in [-0.2, 0) is 104 Å². The lowest BCUT2D eigenvalue weighted by Gasteiger charge is -2.29. The van der Waals surface area contributed by atoms with Crippen LogP contribution in [0.2, 0.25) is 0 Å². The number of Topliss-reactive ketones (excluding diaryl/α,β-unsaturated/α-hetero) is 3. The van der Waals surface area contributed by atoms with Gasteiger partial charge in [0.15, 0.2) is 21.6 Å². The van der Waals surface area contributed by atoms with E-state index in [4.69, 9.17) is 28.0 Å². The molecule has 748 valence electrons. The Morgan fingerprint density at radius 1 is 0.615 bits per heavy atom. The number of carboxylic acids is 1. The molecule has 4 heterocycles. The van der Waals surface area contributed by atoms with Gasteiger partial charge in [-0.25, -0.2) is 8.42 Å². The molecule has 135 heavy (non-hydrogen) atoms. The number of aliphatic carboxylic acids is 1. The Labute approximate surface area is 788 Å². The minimum Gasteiger partial charge on any atom is -0.481 e. The highest BCUT2D eigenvalue weighted by molar-refractivity contribution is 7.92. The number of unbranched alkanes of at least 4 members (excludes halogenated alkanes) is 12. The number of nitrogens with zero attached hydrogens (tertiary/aromatic N) is 3. The molecule has 0 bridgehead atoms. The summed E-state index contributed by atoms with van der Waals surface area (Å²) in [5, 5.41) is 58.4. The minimum atomic E-state index is -3.79. The van der Waals surface area contributed by atoms with E-state index in [9.17, 15) is 100 Å². The standard InChI is InChI=1S/C48H82N10O14S.C45H61N9O8/c1-3-4-21-35(44(66)51-2)55-47(69)38(29-49)58-46(68)37(28-33-19-17-26-52-33)57-45(67)36(24-25-40(50)61)56-48(70)39(31-59)54-42(63)30-53-41(62)22-18-27-73(71,72)32-34(60)20-15-13-11-9-7-5-6-8-10-12-14-16-23-43(64)65;1-27-19-20-31(56)14-7-4-8-16-34(28(2)55)50-42(60)38(23-30-25-49-35-17-10-9-15-33(30)35)52-40(58)36(18-11-21-48-45(46)47)51-41(59)37(22-29-12-5-3-6-13-29)53-43(61)39-24-32(57)26-54(39)44(27)62/h19,26,35-39,59H,3-18,20-25,27-32,49H2,1-2H3,(H2,50,61)(H,51,66)(H,53,62)(H,54,63)(H,55,69)(H,56,70)(H,57,67)(H,58,68)(H,64,65);3,5-6,9-10,12-13,15,17,25,27,32,34,36-39,49,57H,4,7-8,11,14,16,18-24,26H2,1-2H3,(H,50,60)(H,51,59)(H,52,58)(H,53,61)(H4,46,47,48)/t35-,36-,37-,38-,39-;27-,32+,34-,36-,37+,38-,39-/m00/s1. The second kappa shape index (κ2) is 61.9. The molecule has 6 rings (SSSR count). The van der Waals surface area contributed by atoms with E-state index < -0.39 is 196 Å². The zero-order valence-corrected chi connectivity index (χ0v) is 79.0. The monoisotopic (exact) mass is 1910 g/mol. The number of fused-ring (bicyclic) bond motifs is 2. The third-order valence-electron chi connectivity index (χ3n) is 23.4. The van der Waals surface area contributed by atoms with Crippen molar-refractivity contribution in [1.82, 2.24) is 68.4 Å². The molecule has 3 aliphatic rings. The van der Waals surface area contributed by atoms with Crippen molar-refractivity contribution in [3.05, 3.63) is 83.7 Å². The third-order valence-corrected chi connectivity index (χ3v) is 25.1. The molecular weight excluding hydrogens is 1770 g/mol. The fourth-order valence-electron chi connectivity index (χ4n) is 15.7. The Bertz CT molecular complexity index is 4640. The molecular formula is C93H143N19O22S. The van der Waals surface area contributed by atoms with Crippen molar-refractivity contribution in [2.75, 3.05) is 51.3 Å². The van der Waals surface area contributed by atoms with Gasteiger partial charge in [-0.05, 0) is 88.3 Å². The SMILES string of the molecule is CC(=O)[C@@H]1CCCCCC(=O)CC[C@H](C)C(=O)N2C[C@H](O)C[C@H]2C(=O)N[C@H](Cc2ccccc2)C(=O)N[C@@H](CCCN=C(N)N)C(=O)N[C@@H](Cc2c[nH]c3ccccc23)C(=O)N1.CCCC[C@H](NC(=O)[C@H](CN)NC(=O)[C@H](CC1=CCC=N1)NC(=O)[C@H](CCC(N)=O)NC(=O)[C@H](CO)NC(=O)CNC(=O)CCCS(=O)(=O)CC(=O)CCCCCCCCCCCCCCC(=O)O)C(=O)NC. The number of amides is 13. The van der Waals surface area contributed by atoms with Crippen molar-refractivity contribution in [3.63, 3.8) is 0 Å². The number of aliphatic hydroxyl groups excluding tert-OH is 2. The van der Waals surface area contributed by atoms with Crippen LogP contribution in [0, 0.1) is 5.92 Å². The van der Waals surface area contributed by atoms with Crippen LogP contribution < -0.4 is 81.4 Å². The van der Waals surface area contributed by atoms with E-state index in [2.05, 4.69) is 73.5 Å². The first-order valence-electron chi connectivity index (χ1n) is 47.1. The fourth-order valence-corrected chi connectivity index (χ4v) is 17.1. The summed E-state index contributed by atoms with van der Waals surface area (Å²) < 4.78 is 25.1. The lowest BCUT2D eigenvalue weighted by molar-refractivity contribution is -0.142. The lowest BCUT2D eigenvalue weighted by atomic mass is 9.98. The summed E-state index contributed by atoms with van der Waals surface area (Å²) in [5.74, 6) is -13.0. The van der Waals surface area contributed by atoms with Crippen LogP contribution >= 0.6 is 0 Å². The molecule has 3 aromatic rings. The van der Waals surface area contributed by atoms with Gasteiger partial charge in [-0.2, -0.15) is 0 Å². The minimum absolute atomic E-state index is 0.0144. The van der Waals surface area contributed by atoms with Crippen molar-refractivity contribution in [1.29, 1.82) is 0 Å². The van der Waals surface area contributed by atoms with Gasteiger partial charge < -0.3 is 107 Å². The molecule has 2 saturated heterocycles.